The van der Waals surface area contributed by atoms with Crippen LogP contribution in [0.3, 0.4) is 0 Å². The smallest absolute Gasteiger partial charge is 0.214 e. The zero-order valence-electron chi connectivity index (χ0n) is 13.2. The quantitative estimate of drug-likeness (QED) is 0.532. The second kappa shape index (κ2) is 6.37. The number of aryl methyl sites for hydroxylation is 3. The predicted molar refractivity (Wildman–Crippen MR) is 89.1 cm³/mol. The molecule has 0 aliphatic carbocycles. The van der Waals surface area contributed by atoms with E-state index in [1.807, 2.05) is 55.9 Å². The van der Waals surface area contributed by atoms with Gasteiger partial charge < -0.3 is 4.57 Å². The summed E-state index contributed by atoms with van der Waals surface area (Å²) in [5, 5.41) is 12.4. The molecule has 0 aliphatic heterocycles. The number of carbonyl (C=O) groups excluding carboxylic acids is 1. The van der Waals surface area contributed by atoms with Gasteiger partial charge in [0.05, 0.1) is 17.1 Å². The molecular formula is C16H17N5OS. The number of Topliss-reactive ketones (excluding diaryl/α,β-unsaturated/α-hetero) is 1. The van der Waals surface area contributed by atoms with Gasteiger partial charge in [-0.25, -0.2) is 0 Å². The third-order valence-electron chi connectivity index (χ3n) is 3.58. The molecule has 0 unspecified atom stereocenters. The number of tetrazole rings is 1. The lowest BCUT2D eigenvalue weighted by Crippen LogP contribution is -2.09. The molecule has 1 aromatic carbocycles. The van der Waals surface area contributed by atoms with Crippen molar-refractivity contribution in [3.8, 4) is 5.69 Å². The Morgan fingerprint density at radius 1 is 1.26 bits per heavy atom. The lowest BCUT2D eigenvalue weighted by molar-refractivity contribution is 0.101. The highest BCUT2D eigenvalue weighted by molar-refractivity contribution is 7.99. The summed E-state index contributed by atoms with van der Waals surface area (Å²) in [5.41, 5.74) is 3.89. The minimum atomic E-state index is 0.0534. The molecule has 0 saturated carbocycles. The van der Waals surface area contributed by atoms with Crippen LogP contribution in [0.25, 0.3) is 5.69 Å². The van der Waals surface area contributed by atoms with Gasteiger partial charge in [-0.05, 0) is 48.0 Å². The molecule has 3 aromatic rings. The molecule has 0 amide bonds. The van der Waals surface area contributed by atoms with E-state index in [0.717, 1.165) is 11.3 Å². The summed E-state index contributed by atoms with van der Waals surface area (Å²) >= 11 is 1.34. The van der Waals surface area contributed by atoms with Gasteiger partial charge in [-0.3, -0.25) is 4.79 Å². The van der Waals surface area contributed by atoms with Crippen LogP contribution in [0.2, 0.25) is 0 Å². The normalized spacial score (nSPS) is 10.9. The van der Waals surface area contributed by atoms with Gasteiger partial charge in [0.1, 0.15) is 0 Å². The molecule has 0 saturated heterocycles. The van der Waals surface area contributed by atoms with Crippen molar-refractivity contribution in [2.75, 3.05) is 5.75 Å². The third-order valence-corrected chi connectivity index (χ3v) is 4.50. The Kier molecular flexibility index (Phi) is 4.29. The van der Waals surface area contributed by atoms with Crippen molar-refractivity contribution in [1.29, 1.82) is 0 Å². The van der Waals surface area contributed by atoms with E-state index >= 15 is 0 Å². The van der Waals surface area contributed by atoms with Gasteiger partial charge in [0.15, 0.2) is 5.78 Å². The van der Waals surface area contributed by atoms with Crippen molar-refractivity contribution < 1.29 is 4.79 Å². The number of ketones is 1. The largest absolute Gasteiger partial charge is 0.348 e. The van der Waals surface area contributed by atoms with E-state index in [9.17, 15) is 4.79 Å². The maximum atomic E-state index is 12.3. The molecule has 3 rings (SSSR count). The van der Waals surface area contributed by atoms with E-state index in [4.69, 9.17) is 0 Å². The Bertz CT molecular complexity index is 852. The minimum absolute atomic E-state index is 0.0534. The van der Waals surface area contributed by atoms with Crippen molar-refractivity contribution in [1.82, 2.24) is 24.8 Å². The molecule has 6 nitrogen and oxygen atoms in total. The minimum Gasteiger partial charge on any atom is -0.348 e. The first kappa shape index (κ1) is 15.5. The summed E-state index contributed by atoms with van der Waals surface area (Å²) in [6, 6.07) is 9.77. The molecule has 118 valence electrons. The summed E-state index contributed by atoms with van der Waals surface area (Å²) in [7, 11) is 1.86. The number of nitrogens with zero attached hydrogens (tertiary/aromatic N) is 5. The average molecular weight is 327 g/mol. The van der Waals surface area contributed by atoms with Crippen LogP contribution in [0.1, 0.15) is 21.6 Å². The van der Waals surface area contributed by atoms with Crippen molar-refractivity contribution in [3.63, 3.8) is 0 Å². The zero-order valence-corrected chi connectivity index (χ0v) is 14.0. The van der Waals surface area contributed by atoms with Gasteiger partial charge in [-0.15, -0.1) is 5.10 Å². The van der Waals surface area contributed by atoms with Crippen LogP contribution in [-0.2, 0) is 7.05 Å². The van der Waals surface area contributed by atoms with Crippen LogP contribution in [-0.4, -0.2) is 36.3 Å². The fraction of sp³-hybridized carbons (Fsp3) is 0.250. The van der Waals surface area contributed by atoms with E-state index in [-0.39, 0.29) is 5.78 Å². The van der Waals surface area contributed by atoms with Crippen LogP contribution in [0.5, 0.6) is 0 Å². The molecular weight excluding hydrogens is 310 g/mol. The Balaban J connectivity index is 1.79. The van der Waals surface area contributed by atoms with E-state index in [1.54, 1.807) is 4.68 Å². The zero-order chi connectivity index (χ0) is 16.4. The number of aromatic nitrogens is 5. The molecule has 0 aliphatic rings. The Labute approximate surface area is 138 Å². The maximum Gasteiger partial charge on any atom is 0.214 e. The number of rotatable bonds is 5. The van der Waals surface area contributed by atoms with E-state index in [2.05, 4.69) is 21.6 Å². The molecule has 7 heteroatoms. The summed E-state index contributed by atoms with van der Waals surface area (Å²) in [6.07, 6.45) is 1.86. The monoisotopic (exact) mass is 327 g/mol. The van der Waals surface area contributed by atoms with Gasteiger partial charge in [-0.1, -0.05) is 29.5 Å². The highest BCUT2D eigenvalue weighted by atomic mass is 32.2. The maximum absolute atomic E-state index is 12.3. The lowest BCUT2D eigenvalue weighted by atomic mass is 10.1. The fourth-order valence-electron chi connectivity index (χ4n) is 2.42. The Morgan fingerprint density at radius 2 is 2.09 bits per heavy atom. The Morgan fingerprint density at radius 3 is 2.78 bits per heavy atom. The number of carbonyl (C=O) groups is 1. The first-order valence-electron chi connectivity index (χ1n) is 7.19. The van der Waals surface area contributed by atoms with Crippen molar-refractivity contribution >= 4 is 17.5 Å². The van der Waals surface area contributed by atoms with E-state index < -0.39 is 0 Å². The Hall–Kier alpha value is -2.41. The molecule has 0 bridgehead atoms. The molecule has 23 heavy (non-hydrogen) atoms. The number of thioether (sulfide) groups is 1. The average Bonchev–Trinajstić information content (AvgIpc) is 3.13. The second-order valence-electron chi connectivity index (χ2n) is 5.38. The second-order valence-corrected chi connectivity index (χ2v) is 6.32. The van der Waals surface area contributed by atoms with Crippen LogP contribution < -0.4 is 0 Å². The van der Waals surface area contributed by atoms with E-state index in [0.29, 0.717) is 16.6 Å². The van der Waals surface area contributed by atoms with Gasteiger partial charge in [0.2, 0.25) is 5.16 Å². The molecule has 0 N–H and O–H groups in total. The molecule has 0 fully saturated rings. The van der Waals surface area contributed by atoms with Crippen LogP contribution in [0.15, 0.2) is 41.7 Å². The van der Waals surface area contributed by atoms with Gasteiger partial charge in [-0.2, -0.15) is 4.68 Å². The molecule has 0 spiro atoms. The van der Waals surface area contributed by atoms with Crippen molar-refractivity contribution in [3.05, 3.63) is 53.3 Å². The van der Waals surface area contributed by atoms with Crippen molar-refractivity contribution in [2.45, 2.75) is 19.0 Å². The van der Waals surface area contributed by atoms with Gasteiger partial charge >= 0.3 is 0 Å². The summed E-state index contributed by atoms with van der Waals surface area (Å²) < 4.78 is 3.49. The molecule has 0 radical (unpaired) electrons. The van der Waals surface area contributed by atoms with Gasteiger partial charge in [0, 0.05) is 13.2 Å². The van der Waals surface area contributed by atoms with Crippen molar-refractivity contribution in [2.24, 2.45) is 7.05 Å². The standard InChI is InChI=1S/C16H17N5OS/c1-11-6-7-13(12(2)9-11)21-16(17-18-19-21)23-10-15(22)14-5-4-8-20(14)3/h4-9H,10H2,1-3H3. The molecule has 2 heterocycles. The highest BCUT2D eigenvalue weighted by Gasteiger charge is 2.15. The van der Waals surface area contributed by atoms with Crippen LogP contribution in [0.4, 0.5) is 0 Å². The lowest BCUT2D eigenvalue weighted by Gasteiger charge is -2.08. The van der Waals surface area contributed by atoms with E-state index in [1.165, 1.54) is 17.3 Å². The highest BCUT2D eigenvalue weighted by Crippen LogP contribution is 2.22. The predicted octanol–water partition coefficient (Wildman–Crippen LogP) is 2.59. The SMILES string of the molecule is Cc1ccc(-n2nnnc2SCC(=O)c2cccn2C)c(C)c1. The number of benzene rings is 1. The number of hydrogen-bond acceptors (Lipinski definition) is 5. The number of hydrogen-bond donors (Lipinski definition) is 0. The summed E-state index contributed by atoms with van der Waals surface area (Å²) in [6.45, 7) is 4.07. The topological polar surface area (TPSA) is 65.6 Å². The third kappa shape index (κ3) is 3.19. The first-order valence-corrected chi connectivity index (χ1v) is 8.18. The summed E-state index contributed by atoms with van der Waals surface area (Å²) in [5.74, 6) is 0.348. The summed E-state index contributed by atoms with van der Waals surface area (Å²) in [4.78, 5) is 12.3. The fourth-order valence-corrected chi connectivity index (χ4v) is 3.18. The van der Waals surface area contributed by atoms with Gasteiger partial charge in [0.25, 0.3) is 0 Å². The van der Waals surface area contributed by atoms with Crippen LogP contribution >= 0.6 is 11.8 Å². The first-order chi connectivity index (χ1) is 11.1. The molecule has 2 aromatic heterocycles. The van der Waals surface area contributed by atoms with Crippen LogP contribution in [0, 0.1) is 13.8 Å². The molecule has 0 atom stereocenters.